The van der Waals surface area contributed by atoms with Gasteiger partial charge in [-0.15, -0.1) is 0 Å². The van der Waals surface area contributed by atoms with Crippen molar-refractivity contribution >= 4 is 15.6 Å². The van der Waals surface area contributed by atoms with Crippen molar-refractivity contribution in [1.29, 1.82) is 0 Å². The molecular weight excluding hydrogens is 542 g/mol. The van der Waals surface area contributed by atoms with Crippen molar-refractivity contribution in [1.82, 2.24) is 0 Å². The molecule has 212 valence electrons. The molecule has 0 amide bonds. The minimum Gasteiger partial charge on any atom is -0.491 e. The molecule has 2 aromatic carbocycles. The number of hydrogen-bond donors (Lipinski definition) is 8. The van der Waals surface area contributed by atoms with Gasteiger partial charge in [0.25, 0.3) is 0 Å². The summed E-state index contributed by atoms with van der Waals surface area (Å²) in [5.74, 6) is 2.76. The van der Waals surface area contributed by atoms with Gasteiger partial charge in [0.1, 0.15) is 49.4 Å². The number of aliphatic hydroxyl groups is 4. The topological polar surface area (TPSA) is 242 Å². The molecule has 15 nitrogen and oxygen atoms in total. The standard InChI is InChI=1S/2C10H14O4.H4O7P2/c2*11-5-7-13-9-1-2-10(4-3-9)14-8-6-12;1-8(2,3)7-9(4,5)6/h2*1-4,11-12H,5-8H2;(H2,1,2,3)(H2,4,5,6). The van der Waals surface area contributed by atoms with Gasteiger partial charge in [0.15, 0.2) is 0 Å². The highest BCUT2D eigenvalue weighted by Crippen LogP contribution is 2.53. The van der Waals surface area contributed by atoms with Crippen molar-refractivity contribution in [3.05, 3.63) is 48.5 Å². The van der Waals surface area contributed by atoms with E-state index in [9.17, 15) is 9.13 Å². The number of ether oxygens (including phenoxy) is 4. The lowest BCUT2D eigenvalue weighted by atomic mass is 10.3. The smallest absolute Gasteiger partial charge is 0.478 e. The average Bonchev–Trinajstić information content (AvgIpc) is 2.83. The number of hydrogen-bond acceptors (Lipinski definition) is 11. The second-order valence-electron chi connectivity index (χ2n) is 6.29. The number of aliphatic hydroxyl groups excluding tert-OH is 4. The minimum atomic E-state index is -5.05. The maximum atomic E-state index is 9.63. The van der Waals surface area contributed by atoms with E-state index in [1.54, 1.807) is 48.5 Å². The third-order valence-corrected chi connectivity index (χ3v) is 5.00. The second-order valence-corrected chi connectivity index (χ2v) is 8.91. The van der Waals surface area contributed by atoms with E-state index in [0.717, 1.165) is 0 Å². The zero-order valence-electron chi connectivity index (χ0n) is 19.6. The first-order valence-electron chi connectivity index (χ1n) is 10.4. The third-order valence-electron chi connectivity index (χ3n) is 3.30. The fourth-order valence-corrected chi connectivity index (χ4v) is 3.17. The summed E-state index contributed by atoms with van der Waals surface area (Å²) in [5.41, 5.74) is 0. The first kappa shape index (κ1) is 34.7. The molecule has 37 heavy (non-hydrogen) atoms. The summed E-state index contributed by atoms with van der Waals surface area (Å²) in [7, 11) is -10.1. The first-order chi connectivity index (χ1) is 17.4. The summed E-state index contributed by atoms with van der Waals surface area (Å²) in [6.45, 7) is 1.17. The van der Waals surface area contributed by atoms with E-state index in [4.69, 9.17) is 58.9 Å². The maximum absolute atomic E-state index is 9.63. The Balaban J connectivity index is 0.000000541. The van der Waals surface area contributed by atoms with Gasteiger partial charge >= 0.3 is 15.6 Å². The molecule has 17 heteroatoms. The maximum Gasteiger partial charge on any atom is 0.478 e. The quantitative estimate of drug-likeness (QED) is 0.139. The van der Waals surface area contributed by atoms with Gasteiger partial charge in [0, 0.05) is 0 Å². The molecular formula is C20H32O15P2. The van der Waals surface area contributed by atoms with Crippen molar-refractivity contribution in [2.75, 3.05) is 52.9 Å². The molecule has 0 aromatic heterocycles. The molecule has 8 N–H and O–H groups in total. The monoisotopic (exact) mass is 574 g/mol. The third kappa shape index (κ3) is 21.5. The normalized spacial score (nSPS) is 10.8. The molecule has 2 rings (SSSR count). The van der Waals surface area contributed by atoms with E-state index in [-0.39, 0.29) is 52.9 Å². The first-order valence-corrected chi connectivity index (χ1v) is 13.5. The van der Waals surface area contributed by atoms with Gasteiger partial charge in [-0.25, -0.2) is 9.13 Å². The van der Waals surface area contributed by atoms with Crippen LogP contribution < -0.4 is 18.9 Å². The predicted octanol–water partition coefficient (Wildman–Crippen LogP) is 0.0460. The van der Waals surface area contributed by atoms with Crippen LogP contribution >= 0.6 is 15.6 Å². The molecule has 0 fully saturated rings. The largest absolute Gasteiger partial charge is 0.491 e. The molecule has 0 aliphatic rings. The van der Waals surface area contributed by atoms with Gasteiger partial charge in [0.2, 0.25) is 0 Å². The Morgan fingerprint density at radius 1 is 0.459 bits per heavy atom. The van der Waals surface area contributed by atoms with Crippen LogP contribution in [0.15, 0.2) is 48.5 Å². The van der Waals surface area contributed by atoms with Crippen LogP contribution in [0.25, 0.3) is 0 Å². The number of phosphoric acid groups is 2. The lowest BCUT2D eigenvalue weighted by molar-refractivity contribution is 0.198. The number of rotatable bonds is 14. The van der Waals surface area contributed by atoms with Crippen molar-refractivity contribution in [3.63, 3.8) is 0 Å². The summed E-state index contributed by atoms with van der Waals surface area (Å²) in [6, 6.07) is 14.0. The Hall–Kier alpha value is -2.26. The van der Waals surface area contributed by atoms with Gasteiger partial charge in [0.05, 0.1) is 26.4 Å². The Morgan fingerprint density at radius 3 is 0.757 bits per heavy atom. The van der Waals surface area contributed by atoms with Gasteiger partial charge in [-0.1, -0.05) is 0 Å². The van der Waals surface area contributed by atoms with E-state index in [1.807, 2.05) is 0 Å². The molecule has 0 heterocycles. The van der Waals surface area contributed by atoms with E-state index in [2.05, 4.69) is 4.31 Å². The molecule has 0 unspecified atom stereocenters. The minimum absolute atomic E-state index is 0.00274. The highest BCUT2D eigenvalue weighted by atomic mass is 31.3. The summed E-state index contributed by atoms with van der Waals surface area (Å²) in [6.07, 6.45) is 0. The Labute approximate surface area is 212 Å². The molecule has 0 atom stereocenters. The molecule has 0 bridgehead atoms. The van der Waals surface area contributed by atoms with Crippen molar-refractivity contribution in [2.24, 2.45) is 0 Å². The van der Waals surface area contributed by atoms with Crippen molar-refractivity contribution in [2.45, 2.75) is 0 Å². The SMILES string of the molecule is O=P(O)(O)OP(=O)(O)O.OCCOc1ccc(OCCO)cc1.OCCOc1ccc(OCCO)cc1. The van der Waals surface area contributed by atoms with Crippen LogP contribution in [0.2, 0.25) is 0 Å². The van der Waals surface area contributed by atoms with Crippen LogP contribution in [-0.2, 0) is 13.4 Å². The van der Waals surface area contributed by atoms with Gasteiger partial charge in [-0.2, -0.15) is 4.31 Å². The van der Waals surface area contributed by atoms with Gasteiger partial charge < -0.3 is 58.9 Å². The molecule has 0 radical (unpaired) electrons. The highest BCUT2D eigenvalue weighted by molar-refractivity contribution is 7.60. The fraction of sp³-hybridized carbons (Fsp3) is 0.400. The Morgan fingerprint density at radius 2 is 0.649 bits per heavy atom. The fourth-order valence-electron chi connectivity index (χ4n) is 2.06. The Bertz CT molecular complexity index is 783. The molecule has 0 saturated heterocycles. The van der Waals surface area contributed by atoms with E-state index >= 15 is 0 Å². The van der Waals surface area contributed by atoms with Crippen LogP contribution in [0, 0.1) is 0 Å². The van der Waals surface area contributed by atoms with Crippen LogP contribution in [0.1, 0.15) is 0 Å². The van der Waals surface area contributed by atoms with E-state index in [1.165, 1.54) is 0 Å². The molecule has 0 aliphatic carbocycles. The van der Waals surface area contributed by atoms with Crippen LogP contribution in [0.4, 0.5) is 0 Å². The van der Waals surface area contributed by atoms with Crippen molar-refractivity contribution in [3.8, 4) is 23.0 Å². The lowest BCUT2D eigenvalue weighted by Gasteiger charge is -2.06. The predicted molar refractivity (Wildman–Crippen MR) is 128 cm³/mol. The molecule has 0 saturated carbocycles. The summed E-state index contributed by atoms with van der Waals surface area (Å²) < 4.78 is 42.9. The molecule has 0 aliphatic heterocycles. The van der Waals surface area contributed by atoms with E-state index < -0.39 is 15.6 Å². The summed E-state index contributed by atoms with van der Waals surface area (Å²) >= 11 is 0. The van der Waals surface area contributed by atoms with Gasteiger partial charge in [-0.3, -0.25) is 0 Å². The van der Waals surface area contributed by atoms with Crippen molar-refractivity contribution < 1.29 is 72.4 Å². The average molecular weight is 574 g/mol. The molecule has 2 aromatic rings. The summed E-state index contributed by atoms with van der Waals surface area (Å²) in [4.78, 5) is 31.0. The number of benzene rings is 2. The second kappa shape index (κ2) is 19.8. The zero-order chi connectivity index (χ0) is 28.2. The summed E-state index contributed by atoms with van der Waals surface area (Å²) in [5, 5.41) is 34.1. The van der Waals surface area contributed by atoms with Crippen LogP contribution in [-0.4, -0.2) is 92.9 Å². The Kier molecular flexibility index (Phi) is 18.6. The molecule has 0 spiro atoms. The highest BCUT2D eigenvalue weighted by Gasteiger charge is 2.27. The van der Waals surface area contributed by atoms with Crippen LogP contribution in [0.5, 0.6) is 23.0 Å². The van der Waals surface area contributed by atoms with Crippen LogP contribution in [0.3, 0.4) is 0 Å². The zero-order valence-corrected chi connectivity index (χ0v) is 21.4. The van der Waals surface area contributed by atoms with Gasteiger partial charge in [-0.05, 0) is 48.5 Å². The lowest BCUT2D eigenvalue weighted by Crippen LogP contribution is -2.03. The van der Waals surface area contributed by atoms with E-state index in [0.29, 0.717) is 23.0 Å².